The average molecular weight is 419 g/mol. The predicted molar refractivity (Wildman–Crippen MR) is 130 cm³/mol. The van der Waals surface area contributed by atoms with E-state index < -0.39 is 5.69 Å². The van der Waals surface area contributed by atoms with Gasteiger partial charge in [-0.25, -0.2) is 4.79 Å². The summed E-state index contributed by atoms with van der Waals surface area (Å²) < 4.78 is 1.19. The van der Waals surface area contributed by atoms with E-state index >= 15 is 0 Å². The van der Waals surface area contributed by atoms with E-state index in [9.17, 15) is 9.59 Å². The third-order valence-corrected chi connectivity index (χ3v) is 5.46. The summed E-state index contributed by atoms with van der Waals surface area (Å²) in [5.41, 5.74) is 3.07. The maximum atomic E-state index is 12.7. The van der Waals surface area contributed by atoms with Crippen molar-refractivity contribution >= 4 is 22.3 Å². The van der Waals surface area contributed by atoms with Gasteiger partial charge < -0.3 is 5.32 Å². The highest BCUT2D eigenvalue weighted by molar-refractivity contribution is 6.05. The normalized spacial score (nSPS) is 10.9. The Morgan fingerprint density at radius 2 is 1.44 bits per heavy atom. The summed E-state index contributed by atoms with van der Waals surface area (Å²) in [4.78, 5) is 28.2. The van der Waals surface area contributed by atoms with Crippen molar-refractivity contribution in [2.45, 2.75) is 6.54 Å². The second kappa shape index (κ2) is 8.40. The highest BCUT2D eigenvalue weighted by Crippen LogP contribution is 2.34. The molecule has 5 aromatic rings. The second-order valence-corrected chi connectivity index (χ2v) is 7.60. The monoisotopic (exact) mass is 419 g/mol. The Bertz CT molecular complexity index is 1470. The molecule has 32 heavy (non-hydrogen) atoms. The van der Waals surface area contributed by atoms with E-state index in [0.717, 1.165) is 33.2 Å². The SMILES string of the molecule is O=c1cc(Nc2cccc3cccc(-c4ccccc4)c23)[nH]c(=O)n1Cc1ccccc1. The van der Waals surface area contributed by atoms with Gasteiger partial charge in [-0.3, -0.25) is 14.3 Å². The number of nitrogens with one attached hydrogen (secondary N) is 2. The fourth-order valence-corrected chi connectivity index (χ4v) is 3.95. The van der Waals surface area contributed by atoms with E-state index in [2.05, 4.69) is 28.5 Å². The molecule has 5 nitrogen and oxygen atoms in total. The van der Waals surface area contributed by atoms with Gasteiger partial charge in [-0.2, -0.15) is 0 Å². The molecule has 5 heteroatoms. The lowest BCUT2D eigenvalue weighted by Crippen LogP contribution is -2.35. The van der Waals surface area contributed by atoms with Crippen LogP contribution in [0.5, 0.6) is 0 Å². The summed E-state index contributed by atoms with van der Waals surface area (Å²) in [6.07, 6.45) is 0. The molecule has 4 aromatic carbocycles. The maximum absolute atomic E-state index is 12.7. The molecule has 0 bridgehead atoms. The van der Waals surface area contributed by atoms with Crippen LogP contribution in [0, 0.1) is 0 Å². The lowest BCUT2D eigenvalue weighted by molar-refractivity contribution is 0.701. The minimum Gasteiger partial charge on any atom is -0.341 e. The lowest BCUT2D eigenvalue weighted by atomic mass is 9.97. The Morgan fingerprint density at radius 1 is 0.750 bits per heavy atom. The number of aromatic nitrogens is 2. The highest BCUT2D eigenvalue weighted by Gasteiger charge is 2.11. The summed E-state index contributed by atoms with van der Waals surface area (Å²) in [5, 5.41) is 5.35. The minimum absolute atomic E-state index is 0.224. The van der Waals surface area contributed by atoms with Crippen molar-refractivity contribution in [1.29, 1.82) is 0 Å². The van der Waals surface area contributed by atoms with E-state index in [-0.39, 0.29) is 12.1 Å². The molecule has 0 radical (unpaired) electrons. The molecule has 0 spiro atoms. The summed E-state index contributed by atoms with van der Waals surface area (Å²) >= 11 is 0. The standard InChI is InChI=1S/C27H21N3O2/c31-25-17-24(29-27(32)30(25)18-19-9-3-1-4-10-19)28-23-16-8-14-21-13-7-15-22(26(21)23)20-11-5-2-6-12-20/h1-17,28H,18H2,(H,29,32). The molecular formula is C27H21N3O2. The molecule has 0 atom stereocenters. The average Bonchev–Trinajstić information content (AvgIpc) is 2.82. The first kappa shape index (κ1) is 19.6. The predicted octanol–water partition coefficient (Wildman–Crippen LogP) is 5.15. The molecular weight excluding hydrogens is 398 g/mol. The van der Waals surface area contributed by atoms with Crippen molar-refractivity contribution in [2.24, 2.45) is 0 Å². The fraction of sp³-hybridized carbons (Fsp3) is 0.0370. The van der Waals surface area contributed by atoms with Crippen LogP contribution in [0.15, 0.2) is 113 Å². The van der Waals surface area contributed by atoms with Gasteiger partial charge in [-0.05, 0) is 28.1 Å². The van der Waals surface area contributed by atoms with Crippen molar-refractivity contribution < 1.29 is 0 Å². The zero-order chi connectivity index (χ0) is 21.9. The van der Waals surface area contributed by atoms with E-state index in [1.165, 1.54) is 10.6 Å². The Hall–Kier alpha value is -4.38. The lowest BCUT2D eigenvalue weighted by Gasteiger charge is -2.14. The Balaban J connectivity index is 1.55. The van der Waals surface area contributed by atoms with Crippen LogP contribution in [0.3, 0.4) is 0 Å². The summed E-state index contributed by atoms with van der Waals surface area (Å²) in [6, 6.07) is 33.1. The molecule has 0 aliphatic heterocycles. The topological polar surface area (TPSA) is 66.9 Å². The zero-order valence-electron chi connectivity index (χ0n) is 17.3. The van der Waals surface area contributed by atoms with Gasteiger partial charge in [0.1, 0.15) is 5.82 Å². The molecule has 5 rings (SSSR count). The van der Waals surface area contributed by atoms with Gasteiger partial charge in [0, 0.05) is 17.1 Å². The van der Waals surface area contributed by atoms with Crippen LogP contribution in [0.2, 0.25) is 0 Å². The quantitative estimate of drug-likeness (QED) is 0.414. The maximum Gasteiger partial charge on any atom is 0.330 e. The van der Waals surface area contributed by atoms with Crippen LogP contribution in [0.25, 0.3) is 21.9 Å². The smallest absolute Gasteiger partial charge is 0.330 e. The molecule has 1 heterocycles. The first-order valence-corrected chi connectivity index (χ1v) is 10.4. The summed E-state index contributed by atoms with van der Waals surface area (Å²) in [6.45, 7) is 0.224. The number of fused-ring (bicyclic) bond motifs is 1. The number of benzene rings is 4. The molecule has 0 aliphatic rings. The number of nitrogens with zero attached hydrogens (tertiary/aromatic N) is 1. The van der Waals surface area contributed by atoms with Gasteiger partial charge in [0.2, 0.25) is 0 Å². The third kappa shape index (κ3) is 3.84. The number of hydrogen-bond acceptors (Lipinski definition) is 3. The molecule has 0 saturated carbocycles. The minimum atomic E-state index is -0.452. The Morgan fingerprint density at radius 3 is 2.16 bits per heavy atom. The first-order chi connectivity index (χ1) is 15.7. The first-order valence-electron chi connectivity index (χ1n) is 10.4. The molecule has 0 unspecified atom stereocenters. The van der Waals surface area contributed by atoms with Crippen LogP contribution < -0.4 is 16.6 Å². The van der Waals surface area contributed by atoms with Crippen molar-refractivity contribution in [1.82, 2.24) is 9.55 Å². The van der Waals surface area contributed by atoms with Gasteiger partial charge in [-0.15, -0.1) is 0 Å². The van der Waals surface area contributed by atoms with Gasteiger partial charge >= 0.3 is 5.69 Å². The van der Waals surface area contributed by atoms with Crippen LogP contribution in [-0.2, 0) is 6.54 Å². The van der Waals surface area contributed by atoms with Crippen molar-refractivity contribution in [3.05, 3.63) is 130 Å². The molecule has 0 amide bonds. The van der Waals surface area contributed by atoms with Gasteiger partial charge in [0.15, 0.2) is 0 Å². The largest absolute Gasteiger partial charge is 0.341 e. The molecule has 156 valence electrons. The third-order valence-electron chi connectivity index (χ3n) is 5.46. The van der Waals surface area contributed by atoms with Crippen molar-refractivity contribution in [3.63, 3.8) is 0 Å². The number of rotatable bonds is 5. The Labute approximate surface area is 184 Å². The highest BCUT2D eigenvalue weighted by atomic mass is 16.2. The van der Waals surface area contributed by atoms with Crippen LogP contribution in [-0.4, -0.2) is 9.55 Å². The van der Waals surface area contributed by atoms with E-state index in [4.69, 9.17) is 0 Å². The van der Waals surface area contributed by atoms with E-state index in [1.807, 2.05) is 78.9 Å². The number of hydrogen-bond donors (Lipinski definition) is 2. The number of aromatic amines is 1. The van der Waals surface area contributed by atoms with Gasteiger partial charge in [0.25, 0.3) is 5.56 Å². The molecule has 0 fully saturated rings. The fourth-order valence-electron chi connectivity index (χ4n) is 3.95. The molecule has 1 aromatic heterocycles. The second-order valence-electron chi connectivity index (χ2n) is 7.60. The molecule has 2 N–H and O–H groups in total. The number of anilines is 2. The molecule has 0 aliphatic carbocycles. The summed E-state index contributed by atoms with van der Waals surface area (Å²) in [5.74, 6) is 0.361. The van der Waals surface area contributed by atoms with E-state index in [0.29, 0.717) is 5.82 Å². The number of H-pyrrole nitrogens is 1. The van der Waals surface area contributed by atoms with Crippen molar-refractivity contribution in [2.75, 3.05) is 5.32 Å². The van der Waals surface area contributed by atoms with Crippen LogP contribution >= 0.6 is 0 Å². The zero-order valence-corrected chi connectivity index (χ0v) is 17.3. The Kier molecular flexibility index (Phi) is 5.14. The summed E-state index contributed by atoms with van der Waals surface area (Å²) in [7, 11) is 0. The van der Waals surface area contributed by atoms with Crippen molar-refractivity contribution in [3.8, 4) is 11.1 Å². The van der Waals surface area contributed by atoms with E-state index in [1.54, 1.807) is 0 Å². The molecule has 0 saturated heterocycles. The van der Waals surface area contributed by atoms with Gasteiger partial charge in [0.05, 0.1) is 6.54 Å². The van der Waals surface area contributed by atoms with Crippen LogP contribution in [0.4, 0.5) is 11.5 Å². The van der Waals surface area contributed by atoms with Crippen LogP contribution in [0.1, 0.15) is 5.56 Å². The van der Waals surface area contributed by atoms with Gasteiger partial charge in [-0.1, -0.05) is 91.0 Å².